The second-order valence-electron chi connectivity index (χ2n) is 6.69. The first kappa shape index (κ1) is 17.5. The zero-order chi connectivity index (χ0) is 19.2. The van der Waals surface area contributed by atoms with Gasteiger partial charge in [0.2, 0.25) is 0 Å². The minimum Gasteiger partial charge on any atom is -0.377 e. The summed E-state index contributed by atoms with van der Waals surface area (Å²) in [5.41, 5.74) is -1.50. The van der Waals surface area contributed by atoms with E-state index in [4.69, 9.17) is 0 Å². The Hall–Kier alpha value is -2.94. The standard InChI is InChI=1S/C18H16F3N5O/c1-18(27,10-6-12(20)13(21)7-11(10)19)17-22-5-4-15(24-17)23-16-8-14(25-26-16)9-2-3-9/h4-9,27H,2-3H2,1H3,(H2,22,23,24,25,26). The van der Waals surface area contributed by atoms with Crippen molar-refractivity contribution in [3.05, 3.63) is 65.0 Å². The maximum absolute atomic E-state index is 14.1. The predicted octanol–water partition coefficient (Wildman–Crippen LogP) is 3.49. The van der Waals surface area contributed by atoms with E-state index < -0.39 is 28.6 Å². The number of hydrogen-bond acceptors (Lipinski definition) is 5. The first-order valence-corrected chi connectivity index (χ1v) is 8.38. The van der Waals surface area contributed by atoms with Gasteiger partial charge in [-0.05, 0) is 31.9 Å². The molecule has 1 aliphatic carbocycles. The molecule has 1 fully saturated rings. The molecule has 0 aliphatic heterocycles. The third-order valence-electron chi connectivity index (χ3n) is 4.50. The zero-order valence-corrected chi connectivity index (χ0v) is 14.3. The van der Waals surface area contributed by atoms with E-state index in [1.165, 1.54) is 13.1 Å². The number of anilines is 2. The molecule has 2 heterocycles. The van der Waals surface area contributed by atoms with Gasteiger partial charge in [-0.1, -0.05) is 0 Å². The summed E-state index contributed by atoms with van der Waals surface area (Å²) in [6.45, 7) is 1.21. The minimum absolute atomic E-state index is 0.171. The van der Waals surface area contributed by atoms with Gasteiger partial charge < -0.3 is 10.4 Å². The summed E-state index contributed by atoms with van der Waals surface area (Å²) in [5.74, 6) is -2.51. The number of aromatic nitrogens is 4. The molecular weight excluding hydrogens is 359 g/mol. The lowest BCUT2D eigenvalue weighted by Gasteiger charge is -2.23. The van der Waals surface area contributed by atoms with E-state index in [0.29, 0.717) is 29.7 Å². The third-order valence-corrected chi connectivity index (χ3v) is 4.50. The number of hydrogen-bond donors (Lipinski definition) is 3. The van der Waals surface area contributed by atoms with Crippen LogP contribution in [0.3, 0.4) is 0 Å². The topological polar surface area (TPSA) is 86.7 Å². The Balaban J connectivity index is 1.63. The first-order valence-electron chi connectivity index (χ1n) is 8.38. The largest absolute Gasteiger partial charge is 0.377 e. The van der Waals surface area contributed by atoms with Crippen molar-refractivity contribution in [3.8, 4) is 0 Å². The molecule has 1 aliphatic rings. The van der Waals surface area contributed by atoms with Crippen LogP contribution < -0.4 is 5.32 Å². The van der Waals surface area contributed by atoms with Gasteiger partial charge in [0, 0.05) is 35.5 Å². The fourth-order valence-electron chi connectivity index (χ4n) is 2.81. The van der Waals surface area contributed by atoms with Gasteiger partial charge in [0.05, 0.1) is 0 Å². The fraction of sp³-hybridized carbons (Fsp3) is 0.278. The average Bonchev–Trinajstić information content (AvgIpc) is 3.38. The van der Waals surface area contributed by atoms with Gasteiger partial charge in [0.1, 0.15) is 17.2 Å². The fourth-order valence-corrected chi connectivity index (χ4v) is 2.81. The van der Waals surface area contributed by atoms with Crippen molar-refractivity contribution in [1.29, 1.82) is 0 Å². The summed E-state index contributed by atoms with van der Waals surface area (Å²) in [6, 6.07) is 4.40. The Morgan fingerprint density at radius 2 is 1.85 bits per heavy atom. The summed E-state index contributed by atoms with van der Waals surface area (Å²) in [4.78, 5) is 8.12. The number of nitrogens with zero attached hydrogens (tertiary/aromatic N) is 3. The Kier molecular flexibility index (Phi) is 4.11. The molecule has 1 aromatic carbocycles. The van der Waals surface area contributed by atoms with Crippen molar-refractivity contribution in [2.45, 2.75) is 31.3 Å². The van der Waals surface area contributed by atoms with Gasteiger partial charge in [-0.3, -0.25) is 5.10 Å². The SMILES string of the molecule is CC(O)(c1nccc(Nc2cc(C3CC3)[nH]n2)n1)c1cc(F)c(F)cc1F. The van der Waals surface area contributed by atoms with Crippen molar-refractivity contribution in [1.82, 2.24) is 20.2 Å². The predicted molar refractivity (Wildman–Crippen MR) is 90.9 cm³/mol. The van der Waals surface area contributed by atoms with Gasteiger partial charge in [-0.15, -0.1) is 0 Å². The molecule has 140 valence electrons. The molecule has 1 saturated carbocycles. The van der Waals surface area contributed by atoms with Crippen LogP contribution in [0.25, 0.3) is 0 Å². The smallest absolute Gasteiger partial charge is 0.166 e. The molecule has 0 radical (unpaired) electrons. The summed E-state index contributed by atoms with van der Waals surface area (Å²) in [5, 5.41) is 20.8. The van der Waals surface area contributed by atoms with Crippen molar-refractivity contribution >= 4 is 11.6 Å². The van der Waals surface area contributed by atoms with Crippen molar-refractivity contribution in [2.75, 3.05) is 5.32 Å². The van der Waals surface area contributed by atoms with Crippen LogP contribution in [0.15, 0.2) is 30.5 Å². The third kappa shape index (κ3) is 3.37. The maximum Gasteiger partial charge on any atom is 0.166 e. The summed E-state index contributed by atoms with van der Waals surface area (Å²) >= 11 is 0. The molecule has 9 heteroatoms. The summed E-state index contributed by atoms with van der Waals surface area (Å²) in [7, 11) is 0. The Labute approximate surface area is 152 Å². The highest BCUT2D eigenvalue weighted by Gasteiger charge is 2.33. The van der Waals surface area contributed by atoms with Gasteiger partial charge in [-0.2, -0.15) is 5.10 Å². The highest BCUT2D eigenvalue weighted by atomic mass is 19.2. The van der Waals surface area contributed by atoms with Crippen molar-refractivity contribution in [3.63, 3.8) is 0 Å². The van der Waals surface area contributed by atoms with Gasteiger partial charge in [0.15, 0.2) is 23.3 Å². The van der Waals surface area contributed by atoms with Crippen LogP contribution in [0.5, 0.6) is 0 Å². The molecule has 0 amide bonds. The molecular formula is C18H16F3N5O. The van der Waals surface area contributed by atoms with Crippen LogP contribution in [0.2, 0.25) is 0 Å². The number of benzene rings is 1. The van der Waals surface area contributed by atoms with Crippen molar-refractivity contribution in [2.24, 2.45) is 0 Å². The molecule has 27 heavy (non-hydrogen) atoms. The van der Waals surface area contributed by atoms with E-state index in [0.717, 1.165) is 18.5 Å². The van der Waals surface area contributed by atoms with E-state index in [2.05, 4.69) is 25.5 Å². The Bertz CT molecular complexity index is 1000. The lowest BCUT2D eigenvalue weighted by Crippen LogP contribution is -2.28. The van der Waals surface area contributed by atoms with E-state index in [-0.39, 0.29) is 5.82 Å². The second-order valence-corrected chi connectivity index (χ2v) is 6.69. The number of halogens is 3. The molecule has 0 bridgehead atoms. The Morgan fingerprint density at radius 1 is 1.11 bits per heavy atom. The van der Waals surface area contributed by atoms with Crippen LogP contribution in [0, 0.1) is 17.5 Å². The normalized spacial score (nSPS) is 16.2. The highest BCUT2D eigenvalue weighted by Crippen LogP contribution is 2.39. The van der Waals surface area contributed by atoms with Gasteiger partial charge in [0.25, 0.3) is 0 Å². The zero-order valence-electron chi connectivity index (χ0n) is 14.3. The van der Waals surface area contributed by atoms with Crippen LogP contribution in [0.1, 0.15) is 42.8 Å². The number of nitrogens with one attached hydrogen (secondary N) is 2. The molecule has 0 saturated heterocycles. The van der Waals surface area contributed by atoms with Crippen LogP contribution >= 0.6 is 0 Å². The molecule has 3 N–H and O–H groups in total. The second kappa shape index (κ2) is 6.34. The Morgan fingerprint density at radius 3 is 2.59 bits per heavy atom. The highest BCUT2D eigenvalue weighted by molar-refractivity contribution is 5.52. The number of aromatic amines is 1. The molecule has 3 aromatic rings. The van der Waals surface area contributed by atoms with E-state index >= 15 is 0 Å². The van der Waals surface area contributed by atoms with E-state index in [1.807, 2.05) is 6.07 Å². The molecule has 4 rings (SSSR count). The number of aliphatic hydroxyl groups is 1. The average molecular weight is 375 g/mol. The summed E-state index contributed by atoms with van der Waals surface area (Å²) < 4.78 is 40.8. The molecule has 1 unspecified atom stereocenters. The quantitative estimate of drug-likeness (QED) is 0.594. The van der Waals surface area contributed by atoms with Gasteiger partial charge in [-0.25, -0.2) is 23.1 Å². The lowest BCUT2D eigenvalue weighted by atomic mass is 9.94. The van der Waals surface area contributed by atoms with E-state index in [1.54, 1.807) is 6.07 Å². The van der Waals surface area contributed by atoms with Crippen LogP contribution in [-0.4, -0.2) is 25.3 Å². The number of rotatable bonds is 5. The molecule has 1 atom stereocenters. The van der Waals surface area contributed by atoms with Crippen molar-refractivity contribution < 1.29 is 18.3 Å². The maximum atomic E-state index is 14.1. The van der Waals surface area contributed by atoms with Crippen LogP contribution in [0.4, 0.5) is 24.8 Å². The molecule has 2 aromatic heterocycles. The minimum atomic E-state index is -2.07. The summed E-state index contributed by atoms with van der Waals surface area (Å²) in [6.07, 6.45) is 3.62. The van der Waals surface area contributed by atoms with Gasteiger partial charge >= 0.3 is 0 Å². The molecule has 6 nitrogen and oxygen atoms in total. The monoisotopic (exact) mass is 375 g/mol. The number of H-pyrrole nitrogens is 1. The molecule has 0 spiro atoms. The lowest BCUT2D eigenvalue weighted by molar-refractivity contribution is 0.0875. The van der Waals surface area contributed by atoms with Crippen LogP contribution in [-0.2, 0) is 5.60 Å². The van der Waals surface area contributed by atoms with E-state index in [9.17, 15) is 18.3 Å². The first-order chi connectivity index (χ1) is 12.8.